The monoisotopic (exact) mass is 515 g/mol. The van der Waals surface area contributed by atoms with Gasteiger partial charge < -0.3 is 10.6 Å². The molecule has 0 radical (unpaired) electrons. The average molecular weight is 516 g/mol. The van der Waals surface area contributed by atoms with E-state index in [1.54, 1.807) is 43.6 Å². The summed E-state index contributed by atoms with van der Waals surface area (Å²) in [4.78, 5) is 28.3. The van der Waals surface area contributed by atoms with Crippen molar-refractivity contribution in [3.05, 3.63) is 69.1 Å². The fourth-order valence-corrected chi connectivity index (χ4v) is 4.39. The second-order valence-corrected chi connectivity index (χ2v) is 8.10. The van der Waals surface area contributed by atoms with Crippen LogP contribution >= 0.6 is 38.6 Å². The molecule has 13 heteroatoms. The molecular formula is C21H22ClN9OS2. The first-order chi connectivity index (χ1) is 15.4. The number of fused-ring (bicyclic) bond motifs is 1. The maximum atomic E-state index is 13.5. The van der Waals surface area contributed by atoms with E-state index >= 15 is 0 Å². The summed E-state index contributed by atoms with van der Waals surface area (Å²) in [6.45, 7) is 4.37. The Balaban J connectivity index is 0.00000162. The van der Waals surface area contributed by atoms with Gasteiger partial charge in [0.1, 0.15) is 23.0 Å². The SMILES string of the molecule is Cc1nc(N)nc(N2C[C@H](C)[C@H]2c2nn3ccc(Cl)c3c(=O)n2-c2ccccn2)c1C#N.S.S. The Morgan fingerprint density at radius 1 is 1.24 bits per heavy atom. The molecule has 4 aromatic rings. The molecule has 1 fully saturated rings. The number of nitrogen functional groups attached to an aromatic ring is 1. The fraction of sp³-hybridized carbons (Fsp3) is 0.238. The maximum absolute atomic E-state index is 13.5. The third kappa shape index (κ3) is 3.85. The molecule has 34 heavy (non-hydrogen) atoms. The molecule has 176 valence electrons. The van der Waals surface area contributed by atoms with Crippen LogP contribution in [-0.4, -0.2) is 35.7 Å². The van der Waals surface area contributed by atoms with Crippen molar-refractivity contribution >= 4 is 55.9 Å². The summed E-state index contributed by atoms with van der Waals surface area (Å²) in [7, 11) is 0. The number of anilines is 2. The van der Waals surface area contributed by atoms with Crippen molar-refractivity contribution in [1.29, 1.82) is 5.26 Å². The lowest BCUT2D eigenvalue weighted by Crippen LogP contribution is -2.52. The number of rotatable bonds is 3. The molecule has 0 amide bonds. The van der Waals surface area contributed by atoms with Crippen LogP contribution in [-0.2, 0) is 0 Å². The van der Waals surface area contributed by atoms with Crippen LogP contribution < -0.4 is 16.2 Å². The molecule has 2 atom stereocenters. The Kier molecular flexibility index (Phi) is 7.11. The van der Waals surface area contributed by atoms with Crippen LogP contribution in [0.1, 0.15) is 30.0 Å². The van der Waals surface area contributed by atoms with Gasteiger partial charge in [-0.1, -0.05) is 24.6 Å². The first kappa shape index (κ1) is 25.4. The Labute approximate surface area is 213 Å². The number of nitriles is 1. The topological polar surface area (TPSA) is 131 Å². The van der Waals surface area contributed by atoms with Crippen molar-refractivity contribution in [3.8, 4) is 11.9 Å². The molecule has 0 spiro atoms. The van der Waals surface area contributed by atoms with Crippen LogP contribution in [0.25, 0.3) is 11.3 Å². The Morgan fingerprint density at radius 3 is 2.65 bits per heavy atom. The molecule has 0 aliphatic carbocycles. The number of pyridine rings is 1. The van der Waals surface area contributed by atoms with E-state index < -0.39 is 0 Å². The van der Waals surface area contributed by atoms with Gasteiger partial charge in [0.05, 0.1) is 16.8 Å². The summed E-state index contributed by atoms with van der Waals surface area (Å²) in [5.41, 5.74) is 6.65. The molecule has 4 aromatic heterocycles. The highest BCUT2D eigenvalue weighted by molar-refractivity contribution is 7.59. The molecule has 5 rings (SSSR count). The van der Waals surface area contributed by atoms with Gasteiger partial charge in [0.15, 0.2) is 11.6 Å². The molecule has 1 aliphatic heterocycles. The van der Waals surface area contributed by atoms with Gasteiger partial charge in [-0.2, -0.15) is 42.3 Å². The van der Waals surface area contributed by atoms with Crippen molar-refractivity contribution in [2.45, 2.75) is 19.9 Å². The quantitative estimate of drug-likeness (QED) is 0.440. The molecule has 0 saturated carbocycles. The van der Waals surface area contributed by atoms with Crippen LogP contribution in [0, 0.1) is 24.2 Å². The van der Waals surface area contributed by atoms with Crippen molar-refractivity contribution < 1.29 is 0 Å². The maximum Gasteiger partial charge on any atom is 0.285 e. The molecule has 0 aromatic carbocycles. The van der Waals surface area contributed by atoms with Crippen molar-refractivity contribution in [2.75, 3.05) is 17.2 Å². The molecule has 0 unspecified atom stereocenters. The Bertz CT molecular complexity index is 1470. The predicted octanol–water partition coefficient (Wildman–Crippen LogP) is 2.51. The zero-order valence-electron chi connectivity index (χ0n) is 18.3. The van der Waals surface area contributed by atoms with Crippen LogP contribution in [0.3, 0.4) is 0 Å². The van der Waals surface area contributed by atoms with E-state index in [0.717, 1.165) is 0 Å². The predicted molar refractivity (Wildman–Crippen MR) is 140 cm³/mol. The van der Waals surface area contributed by atoms with Gasteiger partial charge in [0.25, 0.3) is 5.56 Å². The van der Waals surface area contributed by atoms with Crippen LogP contribution in [0.2, 0.25) is 5.02 Å². The number of halogens is 1. The second-order valence-electron chi connectivity index (χ2n) is 7.70. The fourth-order valence-electron chi connectivity index (χ4n) is 4.17. The standard InChI is InChI=1S/C21H18ClN9O.2H2S/c1-11-10-29(18-13(9-23)12(2)26-21(24)27-18)16(11)19-28-30-8-6-14(22)17(30)20(32)31(19)15-5-3-4-7-25-15;;/h3-8,11,16H,10H2,1-2H3,(H2,24,26,27);2*1H2/t11-,16-;;/m0../s1. The van der Waals surface area contributed by atoms with E-state index in [0.29, 0.717) is 40.3 Å². The molecular weight excluding hydrogens is 494 g/mol. The average Bonchev–Trinajstić information content (AvgIpc) is 3.13. The number of aryl methyl sites for hydroxylation is 1. The number of nitrogens with zero attached hydrogens (tertiary/aromatic N) is 8. The molecule has 10 nitrogen and oxygen atoms in total. The Hall–Kier alpha value is -3.27. The summed E-state index contributed by atoms with van der Waals surface area (Å²) < 4.78 is 2.95. The lowest BCUT2D eigenvalue weighted by atomic mass is 9.88. The van der Waals surface area contributed by atoms with Crippen molar-refractivity contribution in [3.63, 3.8) is 0 Å². The van der Waals surface area contributed by atoms with E-state index in [4.69, 9.17) is 22.4 Å². The van der Waals surface area contributed by atoms with E-state index in [1.807, 2.05) is 11.8 Å². The summed E-state index contributed by atoms with van der Waals surface area (Å²) >= 11 is 6.27. The number of hydrogen-bond acceptors (Lipinski definition) is 8. The minimum Gasteiger partial charge on any atom is -0.368 e. The third-order valence-corrected chi connectivity index (χ3v) is 5.94. The lowest BCUT2D eigenvalue weighted by Gasteiger charge is -2.47. The van der Waals surface area contributed by atoms with E-state index in [9.17, 15) is 10.1 Å². The Morgan fingerprint density at radius 2 is 2.00 bits per heavy atom. The number of hydrogen-bond donors (Lipinski definition) is 1. The summed E-state index contributed by atoms with van der Waals surface area (Å²) in [6.07, 6.45) is 3.26. The zero-order valence-corrected chi connectivity index (χ0v) is 21.0. The van der Waals surface area contributed by atoms with Gasteiger partial charge in [-0.15, -0.1) is 0 Å². The molecule has 0 bridgehead atoms. The van der Waals surface area contributed by atoms with E-state index in [-0.39, 0.29) is 56.0 Å². The first-order valence-electron chi connectivity index (χ1n) is 9.92. The van der Waals surface area contributed by atoms with Gasteiger partial charge in [-0.25, -0.2) is 19.1 Å². The summed E-state index contributed by atoms with van der Waals surface area (Å²) in [5.74, 6) is 1.51. The smallest absolute Gasteiger partial charge is 0.285 e. The van der Waals surface area contributed by atoms with Crippen LogP contribution in [0.5, 0.6) is 0 Å². The van der Waals surface area contributed by atoms with Gasteiger partial charge in [-0.05, 0) is 25.1 Å². The van der Waals surface area contributed by atoms with Crippen LogP contribution in [0.15, 0.2) is 41.5 Å². The van der Waals surface area contributed by atoms with Crippen molar-refractivity contribution in [2.24, 2.45) is 5.92 Å². The van der Waals surface area contributed by atoms with E-state index in [2.05, 4.69) is 21.0 Å². The summed E-state index contributed by atoms with van der Waals surface area (Å²) in [6, 6.07) is 8.76. The van der Waals surface area contributed by atoms with E-state index in [1.165, 1.54) is 9.08 Å². The van der Waals surface area contributed by atoms with Crippen LogP contribution in [0.4, 0.5) is 11.8 Å². The largest absolute Gasteiger partial charge is 0.368 e. The number of aromatic nitrogens is 6. The van der Waals surface area contributed by atoms with Crippen molar-refractivity contribution in [1.82, 2.24) is 29.1 Å². The minimum atomic E-state index is -0.351. The summed E-state index contributed by atoms with van der Waals surface area (Å²) in [5, 5.41) is 14.8. The lowest BCUT2D eigenvalue weighted by molar-refractivity contribution is 0.299. The zero-order chi connectivity index (χ0) is 22.6. The minimum absolute atomic E-state index is 0. The number of nitrogens with two attached hydrogens (primary N) is 1. The highest BCUT2D eigenvalue weighted by Gasteiger charge is 2.43. The normalized spacial score (nSPS) is 16.8. The van der Waals surface area contributed by atoms with Gasteiger partial charge in [0, 0.05) is 24.9 Å². The highest BCUT2D eigenvalue weighted by atomic mass is 35.5. The molecule has 1 saturated heterocycles. The van der Waals surface area contributed by atoms with Gasteiger partial charge >= 0.3 is 0 Å². The second kappa shape index (κ2) is 9.54. The highest BCUT2D eigenvalue weighted by Crippen LogP contribution is 2.42. The molecule has 1 aliphatic rings. The molecule has 5 heterocycles. The third-order valence-electron chi connectivity index (χ3n) is 5.64. The van der Waals surface area contributed by atoms with Gasteiger partial charge in [-0.3, -0.25) is 4.79 Å². The van der Waals surface area contributed by atoms with Gasteiger partial charge in [0.2, 0.25) is 5.95 Å². The first-order valence-corrected chi connectivity index (χ1v) is 10.3. The molecule has 2 N–H and O–H groups in total.